The molecule has 1 saturated heterocycles. The van der Waals surface area contributed by atoms with Gasteiger partial charge in [-0.1, -0.05) is 0 Å². The quantitative estimate of drug-likeness (QED) is 0.480. The van der Waals surface area contributed by atoms with Crippen molar-refractivity contribution in [2.24, 2.45) is 0 Å². The number of aryl methyl sites for hydroxylation is 1. The highest BCUT2D eigenvalue weighted by Gasteiger charge is 2.25. The van der Waals surface area contributed by atoms with E-state index >= 15 is 0 Å². The average Bonchev–Trinajstić information content (AvgIpc) is 3.18. The van der Waals surface area contributed by atoms with Crippen molar-refractivity contribution in [3.63, 3.8) is 0 Å². The number of hydrogen-bond acceptors (Lipinski definition) is 6. The van der Waals surface area contributed by atoms with Crippen LogP contribution in [0.1, 0.15) is 29.8 Å². The molecule has 9 heteroatoms. The maximum absolute atomic E-state index is 14.6. The minimum Gasteiger partial charge on any atom is -0.480 e. The number of piperazine rings is 1. The van der Waals surface area contributed by atoms with Gasteiger partial charge in [0.1, 0.15) is 16.9 Å². The molecule has 0 aliphatic carbocycles. The van der Waals surface area contributed by atoms with Crippen molar-refractivity contribution in [3.8, 4) is 5.88 Å². The molecule has 0 bridgehead atoms. The molecule has 3 aromatic heterocycles. The summed E-state index contributed by atoms with van der Waals surface area (Å²) in [5.74, 6) is -0.420. The summed E-state index contributed by atoms with van der Waals surface area (Å²) in [6.07, 6.45) is 5.00. The molecule has 1 amide bonds. The number of hydrogen-bond donors (Lipinski definition) is 2. The lowest BCUT2D eigenvalue weighted by atomic mass is 10.1. The fourth-order valence-electron chi connectivity index (χ4n) is 4.71. The number of anilines is 2. The summed E-state index contributed by atoms with van der Waals surface area (Å²) in [5.41, 5.74) is 4.06. The Kier molecular flexibility index (Phi) is 5.57. The molecule has 1 aliphatic rings. The van der Waals surface area contributed by atoms with Gasteiger partial charge in [0, 0.05) is 43.6 Å². The van der Waals surface area contributed by atoms with Crippen LogP contribution < -0.4 is 20.3 Å². The average molecular weight is 463 g/mol. The number of fused-ring (bicyclic) bond motifs is 2. The molecular weight excluding hydrogens is 435 g/mol. The van der Waals surface area contributed by atoms with Crippen LogP contribution in [0.5, 0.6) is 5.88 Å². The first-order valence-corrected chi connectivity index (χ1v) is 11.3. The standard InChI is InChI=1S/C25H27FN6O2/c1-14-7-21-19(26)8-17(13-31(21)10-14)29-25(33)18-5-6-20(32-11-15(2)28-16(3)12-32)24-23(18)27-9-22(30-24)34-4/h5-10,13,15-16,28H,11-12H2,1-4H3,(H,29,33)/t15-,16-/m0/s1. The summed E-state index contributed by atoms with van der Waals surface area (Å²) >= 11 is 0. The number of nitrogens with zero attached hydrogens (tertiary/aromatic N) is 4. The number of nitrogens with one attached hydrogen (secondary N) is 2. The number of carbonyl (C=O) groups is 1. The lowest BCUT2D eigenvalue weighted by Crippen LogP contribution is -2.54. The van der Waals surface area contributed by atoms with Gasteiger partial charge in [-0.2, -0.15) is 0 Å². The second-order valence-corrected chi connectivity index (χ2v) is 8.96. The molecule has 1 aromatic carbocycles. The molecule has 34 heavy (non-hydrogen) atoms. The van der Waals surface area contributed by atoms with Crippen LogP contribution in [0.25, 0.3) is 16.6 Å². The molecule has 4 aromatic rings. The van der Waals surface area contributed by atoms with E-state index < -0.39 is 5.82 Å². The number of rotatable bonds is 4. The zero-order valence-corrected chi connectivity index (χ0v) is 19.6. The molecule has 8 nitrogen and oxygen atoms in total. The Hall–Kier alpha value is -3.72. The van der Waals surface area contributed by atoms with Gasteiger partial charge in [-0.15, -0.1) is 0 Å². The summed E-state index contributed by atoms with van der Waals surface area (Å²) in [6, 6.07) is 7.34. The lowest BCUT2D eigenvalue weighted by Gasteiger charge is -2.38. The third-order valence-electron chi connectivity index (χ3n) is 6.06. The second kappa shape index (κ2) is 8.57. The second-order valence-electron chi connectivity index (χ2n) is 8.96. The summed E-state index contributed by atoms with van der Waals surface area (Å²) in [5, 5.41) is 6.34. The Morgan fingerprint density at radius 2 is 1.94 bits per heavy atom. The van der Waals surface area contributed by atoms with Gasteiger partial charge in [0.05, 0.1) is 35.8 Å². The van der Waals surface area contributed by atoms with Crippen LogP contribution in [-0.4, -0.2) is 52.6 Å². The predicted octanol–water partition coefficient (Wildman–Crippen LogP) is 3.78. The van der Waals surface area contributed by atoms with E-state index in [4.69, 9.17) is 4.74 Å². The normalized spacial score (nSPS) is 18.4. The number of halogens is 1. The smallest absolute Gasteiger partial charge is 0.257 e. The highest BCUT2D eigenvalue weighted by atomic mass is 19.1. The largest absolute Gasteiger partial charge is 0.480 e. The molecule has 5 rings (SSSR count). The fourth-order valence-corrected chi connectivity index (χ4v) is 4.71. The van der Waals surface area contributed by atoms with Gasteiger partial charge in [-0.3, -0.25) is 4.79 Å². The lowest BCUT2D eigenvalue weighted by molar-refractivity contribution is 0.102. The molecule has 0 unspecified atom stereocenters. The zero-order valence-electron chi connectivity index (χ0n) is 19.6. The van der Waals surface area contributed by atoms with Gasteiger partial charge >= 0.3 is 0 Å². The molecule has 0 saturated carbocycles. The molecular formula is C25H27FN6O2. The van der Waals surface area contributed by atoms with E-state index in [0.717, 1.165) is 24.3 Å². The van der Waals surface area contributed by atoms with E-state index in [0.29, 0.717) is 45.8 Å². The van der Waals surface area contributed by atoms with E-state index in [1.807, 2.05) is 19.2 Å². The first kappa shape index (κ1) is 22.1. The number of benzene rings is 1. The summed E-state index contributed by atoms with van der Waals surface area (Å²) in [6.45, 7) is 7.78. The van der Waals surface area contributed by atoms with Crippen molar-refractivity contribution in [1.82, 2.24) is 19.7 Å². The first-order chi connectivity index (χ1) is 16.3. The SMILES string of the molecule is COc1cnc2c(C(=O)Nc3cc(F)c4cc(C)cn4c3)ccc(N3C[C@H](C)N[C@@H](C)C3)c2n1. The molecule has 4 heterocycles. The highest BCUT2D eigenvalue weighted by Crippen LogP contribution is 2.30. The van der Waals surface area contributed by atoms with Crippen LogP contribution in [0.3, 0.4) is 0 Å². The molecule has 0 spiro atoms. The number of ether oxygens (including phenoxy) is 1. The van der Waals surface area contributed by atoms with Crippen molar-refractivity contribution in [3.05, 3.63) is 59.8 Å². The predicted molar refractivity (Wildman–Crippen MR) is 130 cm³/mol. The molecule has 176 valence electrons. The summed E-state index contributed by atoms with van der Waals surface area (Å²) in [7, 11) is 1.54. The number of aromatic nitrogens is 3. The molecule has 0 radical (unpaired) electrons. The van der Waals surface area contributed by atoms with E-state index in [9.17, 15) is 9.18 Å². The van der Waals surface area contributed by atoms with Gasteiger partial charge in [0.15, 0.2) is 0 Å². The van der Waals surface area contributed by atoms with Crippen LogP contribution in [0.4, 0.5) is 15.8 Å². The van der Waals surface area contributed by atoms with Crippen LogP contribution in [-0.2, 0) is 0 Å². The number of amides is 1. The Balaban J connectivity index is 1.54. The van der Waals surface area contributed by atoms with E-state index in [2.05, 4.69) is 39.3 Å². The summed E-state index contributed by atoms with van der Waals surface area (Å²) in [4.78, 5) is 24.7. The van der Waals surface area contributed by atoms with E-state index in [1.54, 1.807) is 22.7 Å². The van der Waals surface area contributed by atoms with E-state index in [1.165, 1.54) is 19.4 Å². The topological polar surface area (TPSA) is 83.8 Å². The maximum atomic E-state index is 14.6. The number of pyridine rings is 1. The van der Waals surface area contributed by atoms with Gasteiger partial charge in [-0.05, 0) is 44.5 Å². The van der Waals surface area contributed by atoms with Gasteiger partial charge < -0.3 is 24.7 Å². The zero-order chi connectivity index (χ0) is 24.0. The van der Waals surface area contributed by atoms with Gasteiger partial charge in [-0.25, -0.2) is 14.4 Å². The molecule has 1 fully saturated rings. The first-order valence-electron chi connectivity index (χ1n) is 11.3. The van der Waals surface area contributed by atoms with Gasteiger partial charge in [0.25, 0.3) is 5.91 Å². The van der Waals surface area contributed by atoms with Crippen molar-refractivity contribution >= 4 is 33.8 Å². The van der Waals surface area contributed by atoms with Crippen molar-refractivity contribution in [2.75, 3.05) is 30.4 Å². The minimum absolute atomic E-state index is 0.308. The van der Waals surface area contributed by atoms with Crippen LogP contribution in [0, 0.1) is 12.7 Å². The Bertz CT molecular complexity index is 1390. The van der Waals surface area contributed by atoms with Crippen molar-refractivity contribution in [2.45, 2.75) is 32.9 Å². The number of methoxy groups -OCH3 is 1. The van der Waals surface area contributed by atoms with Crippen LogP contribution >= 0.6 is 0 Å². The van der Waals surface area contributed by atoms with Gasteiger partial charge in [0.2, 0.25) is 5.88 Å². The third kappa shape index (κ3) is 4.03. The van der Waals surface area contributed by atoms with Crippen molar-refractivity contribution in [1.29, 1.82) is 0 Å². The Morgan fingerprint density at radius 1 is 1.18 bits per heavy atom. The third-order valence-corrected chi connectivity index (χ3v) is 6.06. The highest BCUT2D eigenvalue weighted by molar-refractivity contribution is 6.13. The Morgan fingerprint density at radius 3 is 2.68 bits per heavy atom. The molecule has 2 atom stereocenters. The maximum Gasteiger partial charge on any atom is 0.257 e. The fraction of sp³-hybridized carbons (Fsp3) is 0.320. The Labute approximate surface area is 196 Å². The monoisotopic (exact) mass is 462 g/mol. The van der Waals surface area contributed by atoms with Crippen LogP contribution in [0.2, 0.25) is 0 Å². The molecule has 2 N–H and O–H groups in total. The summed E-state index contributed by atoms with van der Waals surface area (Å²) < 4.78 is 21.5. The number of carbonyl (C=O) groups excluding carboxylic acids is 1. The van der Waals surface area contributed by atoms with Crippen LogP contribution in [0.15, 0.2) is 42.9 Å². The minimum atomic E-state index is -0.405. The van der Waals surface area contributed by atoms with E-state index in [-0.39, 0.29) is 5.91 Å². The molecule has 1 aliphatic heterocycles. The van der Waals surface area contributed by atoms with Crippen molar-refractivity contribution < 1.29 is 13.9 Å².